The lowest BCUT2D eigenvalue weighted by Gasteiger charge is -2.21. The van der Waals surface area contributed by atoms with Crippen LogP contribution in [0, 0.1) is 11.6 Å². The number of halogens is 2. The Balaban J connectivity index is 1.45. The zero-order valence-electron chi connectivity index (χ0n) is 15.8. The highest BCUT2D eigenvalue weighted by molar-refractivity contribution is 5.80. The van der Waals surface area contributed by atoms with Crippen LogP contribution in [0.4, 0.5) is 14.5 Å². The lowest BCUT2D eigenvalue weighted by atomic mass is 10.2. The number of aliphatic imine (C=N–C) groups is 1. The van der Waals surface area contributed by atoms with Gasteiger partial charge in [-0.15, -0.1) is 0 Å². The maximum atomic E-state index is 14.0. The van der Waals surface area contributed by atoms with Gasteiger partial charge in [-0.2, -0.15) is 5.10 Å². The summed E-state index contributed by atoms with van der Waals surface area (Å²) in [6, 6.07) is 4.06. The van der Waals surface area contributed by atoms with Crippen LogP contribution in [0.5, 0.6) is 0 Å². The lowest BCUT2D eigenvalue weighted by Crippen LogP contribution is -2.45. The van der Waals surface area contributed by atoms with E-state index in [1.807, 2.05) is 19.4 Å². The number of nitrogens with one attached hydrogen (secondary N) is 2. The molecule has 0 radical (unpaired) electrons. The SMILES string of the molecule is CN=C(NCCCc1cnn(C)c1)NC1CCN(c2c(F)cccc2F)C1. The first-order chi connectivity index (χ1) is 13.1. The van der Waals surface area contributed by atoms with E-state index in [2.05, 4.69) is 20.7 Å². The summed E-state index contributed by atoms with van der Waals surface area (Å²) in [5, 5.41) is 10.8. The molecule has 0 spiro atoms. The van der Waals surface area contributed by atoms with E-state index < -0.39 is 11.6 Å². The Morgan fingerprint density at radius 2 is 2.11 bits per heavy atom. The van der Waals surface area contributed by atoms with Crippen molar-refractivity contribution < 1.29 is 8.78 Å². The van der Waals surface area contributed by atoms with Gasteiger partial charge in [0.05, 0.1) is 6.20 Å². The van der Waals surface area contributed by atoms with Gasteiger partial charge < -0.3 is 15.5 Å². The van der Waals surface area contributed by atoms with Crippen LogP contribution in [0.1, 0.15) is 18.4 Å². The number of rotatable bonds is 6. The molecule has 1 atom stereocenters. The number of aryl methyl sites for hydroxylation is 2. The molecule has 0 amide bonds. The van der Waals surface area contributed by atoms with Crippen molar-refractivity contribution in [3.63, 3.8) is 0 Å². The van der Waals surface area contributed by atoms with Gasteiger partial charge in [0.1, 0.15) is 17.3 Å². The van der Waals surface area contributed by atoms with Gasteiger partial charge >= 0.3 is 0 Å². The smallest absolute Gasteiger partial charge is 0.191 e. The number of para-hydroxylation sites is 1. The summed E-state index contributed by atoms with van der Waals surface area (Å²) >= 11 is 0. The first-order valence-corrected chi connectivity index (χ1v) is 9.20. The second-order valence-electron chi connectivity index (χ2n) is 6.77. The van der Waals surface area contributed by atoms with Gasteiger partial charge in [0.15, 0.2) is 5.96 Å². The highest BCUT2D eigenvalue weighted by Gasteiger charge is 2.27. The fourth-order valence-corrected chi connectivity index (χ4v) is 3.36. The maximum Gasteiger partial charge on any atom is 0.191 e. The fraction of sp³-hybridized carbons (Fsp3) is 0.474. The van der Waals surface area contributed by atoms with Gasteiger partial charge in [-0.25, -0.2) is 8.78 Å². The van der Waals surface area contributed by atoms with Crippen molar-refractivity contribution in [1.82, 2.24) is 20.4 Å². The normalized spacial score (nSPS) is 17.4. The minimum absolute atomic E-state index is 0.0567. The molecule has 2 heterocycles. The van der Waals surface area contributed by atoms with E-state index >= 15 is 0 Å². The van der Waals surface area contributed by atoms with Gasteiger partial charge in [0, 0.05) is 46.0 Å². The van der Waals surface area contributed by atoms with Crippen molar-refractivity contribution in [1.29, 1.82) is 0 Å². The number of hydrogen-bond acceptors (Lipinski definition) is 3. The zero-order chi connectivity index (χ0) is 19.2. The average molecular weight is 376 g/mol. The van der Waals surface area contributed by atoms with Crippen LogP contribution in [-0.2, 0) is 13.5 Å². The highest BCUT2D eigenvalue weighted by atomic mass is 19.1. The number of nitrogens with zero attached hydrogens (tertiary/aromatic N) is 4. The van der Waals surface area contributed by atoms with E-state index in [9.17, 15) is 8.78 Å². The molecule has 0 saturated carbocycles. The Kier molecular flexibility index (Phi) is 6.26. The molecule has 1 aromatic heterocycles. The van der Waals surface area contributed by atoms with Gasteiger partial charge in [0.25, 0.3) is 0 Å². The number of benzene rings is 1. The first kappa shape index (κ1) is 19.1. The molecule has 1 unspecified atom stereocenters. The molecule has 6 nitrogen and oxygen atoms in total. The fourth-order valence-electron chi connectivity index (χ4n) is 3.36. The monoisotopic (exact) mass is 376 g/mol. The molecule has 0 bridgehead atoms. The molecule has 8 heteroatoms. The highest BCUT2D eigenvalue weighted by Crippen LogP contribution is 2.26. The van der Waals surface area contributed by atoms with E-state index in [1.165, 1.54) is 23.8 Å². The van der Waals surface area contributed by atoms with E-state index in [1.54, 1.807) is 16.6 Å². The molecule has 146 valence electrons. The van der Waals surface area contributed by atoms with Crippen LogP contribution in [0.25, 0.3) is 0 Å². The van der Waals surface area contributed by atoms with E-state index in [-0.39, 0.29) is 11.7 Å². The third-order valence-corrected chi connectivity index (χ3v) is 4.70. The molecule has 27 heavy (non-hydrogen) atoms. The van der Waals surface area contributed by atoms with Crippen LogP contribution in [0.3, 0.4) is 0 Å². The minimum Gasteiger partial charge on any atom is -0.365 e. The first-order valence-electron chi connectivity index (χ1n) is 9.20. The summed E-state index contributed by atoms with van der Waals surface area (Å²) in [6.45, 7) is 1.93. The van der Waals surface area contributed by atoms with Crippen molar-refractivity contribution in [3.05, 3.63) is 47.8 Å². The Labute approximate surface area is 158 Å². The summed E-state index contributed by atoms with van der Waals surface area (Å²) in [4.78, 5) is 5.99. The Bertz CT molecular complexity index is 768. The maximum absolute atomic E-state index is 14.0. The minimum atomic E-state index is -0.520. The molecule has 0 aliphatic carbocycles. The Morgan fingerprint density at radius 1 is 1.33 bits per heavy atom. The third-order valence-electron chi connectivity index (χ3n) is 4.70. The van der Waals surface area contributed by atoms with Crippen LogP contribution < -0.4 is 15.5 Å². The van der Waals surface area contributed by atoms with E-state index in [0.29, 0.717) is 19.0 Å². The van der Waals surface area contributed by atoms with Gasteiger partial charge in [0.2, 0.25) is 0 Å². The predicted octanol–water partition coefficient (Wildman–Crippen LogP) is 2.07. The Morgan fingerprint density at radius 3 is 2.78 bits per heavy atom. The molecule has 1 saturated heterocycles. The molecule has 1 aliphatic rings. The Hall–Kier alpha value is -2.64. The molecule has 1 aliphatic heterocycles. The molecule has 1 fully saturated rings. The number of aromatic nitrogens is 2. The number of guanidine groups is 1. The second kappa shape index (κ2) is 8.83. The second-order valence-corrected chi connectivity index (χ2v) is 6.77. The molecular formula is C19H26F2N6. The van der Waals surface area contributed by atoms with Crippen LogP contribution in [0.15, 0.2) is 35.6 Å². The topological polar surface area (TPSA) is 57.5 Å². The predicted molar refractivity (Wildman–Crippen MR) is 103 cm³/mol. The van der Waals surface area contributed by atoms with Crippen molar-refractivity contribution in [2.75, 3.05) is 31.6 Å². The standard InChI is InChI=1S/C19H26F2N6/c1-22-19(23-9-4-5-14-11-24-26(2)12-14)25-15-8-10-27(13-15)18-16(20)6-3-7-17(18)21/h3,6-7,11-12,15H,4-5,8-10,13H2,1-2H3,(H2,22,23,25). The zero-order valence-corrected chi connectivity index (χ0v) is 15.8. The number of anilines is 1. The third kappa shape index (κ3) is 4.96. The molecule has 2 aromatic rings. The molecule has 2 N–H and O–H groups in total. The van der Waals surface area contributed by atoms with E-state index in [0.717, 1.165) is 25.8 Å². The van der Waals surface area contributed by atoms with E-state index in [4.69, 9.17) is 0 Å². The van der Waals surface area contributed by atoms with Crippen molar-refractivity contribution >= 4 is 11.6 Å². The summed E-state index contributed by atoms with van der Waals surface area (Å²) in [5.41, 5.74) is 1.27. The lowest BCUT2D eigenvalue weighted by molar-refractivity contribution is 0.575. The quantitative estimate of drug-likeness (QED) is 0.460. The molecular weight excluding hydrogens is 350 g/mol. The summed E-state index contributed by atoms with van der Waals surface area (Å²) < 4.78 is 29.7. The van der Waals surface area contributed by atoms with Crippen LogP contribution in [-0.4, -0.2) is 48.5 Å². The van der Waals surface area contributed by atoms with Crippen molar-refractivity contribution in [2.45, 2.75) is 25.3 Å². The van der Waals surface area contributed by atoms with Gasteiger partial charge in [-0.3, -0.25) is 9.67 Å². The average Bonchev–Trinajstić information content (AvgIpc) is 3.26. The molecule has 1 aromatic carbocycles. The van der Waals surface area contributed by atoms with Crippen LogP contribution in [0.2, 0.25) is 0 Å². The van der Waals surface area contributed by atoms with Crippen LogP contribution >= 0.6 is 0 Å². The molecule has 3 rings (SSSR count). The van der Waals surface area contributed by atoms with Gasteiger partial charge in [-0.05, 0) is 37.0 Å². The van der Waals surface area contributed by atoms with Crippen molar-refractivity contribution in [2.24, 2.45) is 12.0 Å². The largest absolute Gasteiger partial charge is 0.365 e. The van der Waals surface area contributed by atoms with Crippen molar-refractivity contribution in [3.8, 4) is 0 Å². The summed E-state index contributed by atoms with van der Waals surface area (Å²) in [5.74, 6) is -0.329. The number of hydrogen-bond donors (Lipinski definition) is 2. The summed E-state index contributed by atoms with van der Waals surface area (Å²) in [7, 11) is 3.63. The van der Waals surface area contributed by atoms with Gasteiger partial charge in [-0.1, -0.05) is 6.07 Å². The summed E-state index contributed by atoms with van der Waals surface area (Å²) in [6.07, 6.45) is 6.60.